The molecule has 0 spiro atoms. The van der Waals surface area contributed by atoms with Gasteiger partial charge in [-0.2, -0.15) is 5.26 Å². The molecule has 0 saturated heterocycles. The minimum atomic E-state index is -0.529. The monoisotopic (exact) mass is 260 g/mol. The zero-order chi connectivity index (χ0) is 14.3. The van der Waals surface area contributed by atoms with Crippen LogP contribution >= 0.6 is 0 Å². The lowest BCUT2D eigenvalue weighted by Gasteiger charge is -2.27. The highest BCUT2D eigenvalue weighted by atomic mass is 16.5. The van der Waals surface area contributed by atoms with Gasteiger partial charge in [-0.3, -0.25) is 5.32 Å². The summed E-state index contributed by atoms with van der Waals surface area (Å²) in [6.45, 7) is 8.92. The molecule has 3 nitrogen and oxygen atoms in total. The van der Waals surface area contributed by atoms with Gasteiger partial charge in [0.1, 0.15) is 11.3 Å². The molecule has 0 amide bonds. The molecule has 0 fully saturated rings. The number of ether oxygens (including phenoxy) is 1. The zero-order valence-corrected chi connectivity index (χ0v) is 12.4. The van der Waals surface area contributed by atoms with Crippen LogP contribution < -0.4 is 10.1 Å². The van der Waals surface area contributed by atoms with Crippen molar-refractivity contribution in [2.24, 2.45) is 0 Å². The molecule has 0 aromatic heterocycles. The van der Waals surface area contributed by atoms with Gasteiger partial charge in [0.2, 0.25) is 0 Å². The molecule has 0 aliphatic rings. The largest absolute Gasteiger partial charge is 0.491 e. The average molecular weight is 260 g/mol. The van der Waals surface area contributed by atoms with Crippen molar-refractivity contribution in [1.82, 2.24) is 5.32 Å². The van der Waals surface area contributed by atoms with Crippen LogP contribution in [0.25, 0.3) is 0 Å². The summed E-state index contributed by atoms with van der Waals surface area (Å²) < 4.78 is 5.88. The summed E-state index contributed by atoms with van der Waals surface area (Å²) >= 11 is 0. The van der Waals surface area contributed by atoms with Crippen LogP contribution in [0, 0.1) is 18.3 Å². The van der Waals surface area contributed by atoms with Gasteiger partial charge in [-0.15, -0.1) is 0 Å². The van der Waals surface area contributed by atoms with Gasteiger partial charge in [0.05, 0.1) is 12.2 Å². The lowest BCUT2D eigenvalue weighted by atomic mass is 9.96. The summed E-state index contributed by atoms with van der Waals surface area (Å²) in [5, 5.41) is 12.6. The van der Waals surface area contributed by atoms with Gasteiger partial charge in [0, 0.05) is 6.42 Å². The maximum atomic E-state index is 9.30. The fourth-order valence-electron chi connectivity index (χ4n) is 2.10. The van der Waals surface area contributed by atoms with E-state index in [1.54, 1.807) is 0 Å². The Balaban J connectivity index is 2.58. The molecule has 0 radical (unpaired) electrons. The van der Waals surface area contributed by atoms with Crippen molar-refractivity contribution in [3.05, 3.63) is 29.8 Å². The summed E-state index contributed by atoms with van der Waals surface area (Å²) in [5.41, 5.74) is 0.649. The fourth-order valence-corrected chi connectivity index (χ4v) is 2.10. The van der Waals surface area contributed by atoms with E-state index in [1.165, 1.54) is 5.56 Å². The van der Waals surface area contributed by atoms with Crippen LogP contribution in [0.4, 0.5) is 0 Å². The Morgan fingerprint density at radius 1 is 1.47 bits per heavy atom. The molecular weight excluding hydrogens is 236 g/mol. The molecule has 19 heavy (non-hydrogen) atoms. The Kier molecular flexibility index (Phi) is 5.85. The first-order chi connectivity index (χ1) is 8.99. The molecular formula is C16H24N2O. The molecule has 104 valence electrons. The number of hydrogen-bond donors (Lipinski definition) is 1. The third kappa shape index (κ3) is 5.32. The summed E-state index contributed by atoms with van der Waals surface area (Å²) in [5.74, 6) is 0.864. The highest BCUT2D eigenvalue weighted by Crippen LogP contribution is 2.19. The topological polar surface area (TPSA) is 45.0 Å². The van der Waals surface area contributed by atoms with E-state index < -0.39 is 5.54 Å². The van der Waals surface area contributed by atoms with Gasteiger partial charge in [-0.1, -0.05) is 19.1 Å². The average Bonchev–Trinajstić information content (AvgIpc) is 2.36. The molecule has 0 saturated carbocycles. The predicted molar refractivity (Wildman–Crippen MR) is 78.2 cm³/mol. The summed E-state index contributed by atoms with van der Waals surface area (Å²) in [4.78, 5) is 0. The van der Waals surface area contributed by atoms with Crippen molar-refractivity contribution in [1.29, 1.82) is 5.26 Å². The van der Waals surface area contributed by atoms with Crippen LogP contribution in [0.3, 0.4) is 0 Å². The Bertz CT molecular complexity index is 439. The van der Waals surface area contributed by atoms with E-state index in [2.05, 4.69) is 18.3 Å². The van der Waals surface area contributed by atoms with Gasteiger partial charge in [0.25, 0.3) is 0 Å². The summed E-state index contributed by atoms with van der Waals surface area (Å²) in [7, 11) is 0. The van der Waals surface area contributed by atoms with E-state index in [0.29, 0.717) is 6.42 Å². The number of benzene rings is 1. The van der Waals surface area contributed by atoms with Crippen molar-refractivity contribution < 1.29 is 4.74 Å². The predicted octanol–water partition coefficient (Wildman–Crippen LogP) is 3.43. The molecule has 2 atom stereocenters. The molecule has 0 heterocycles. The SMILES string of the molecule is CCCNC(C)(C#N)CC(C)Oc1cccc(C)c1. The van der Waals surface area contributed by atoms with Crippen LogP contribution in [0.5, 0.6) is 5.75 Å². The van der Waals surface area contributed by atoms with Crippen molar-refractivity contribution >= 4 is 0 Å². The second kappa shape index (κ2) is 7.16. The second-order valence-electron chi connectivity index (χ2n) is 5.32. The molecule has 1 aromatic carbocycles. The number of nitrogens with one attached hydrogen (secondary N) is 1. The minimum Gasteiger partial charge on any atom is -0.491 e. The quantitative estimate of drug-likeness (QED) is 0.817. The van der Waals surface area contributed by atoms with Gasteiger partial charge in [-0.25, -0.2) is 0 Å². The number of nitrogens with zero attached hydrogens (tertiary/aromatic N) is 1. The van der Waals surface area contributed by atoms with Gasteiger partial charge < -0.3 is 4.74 Å². The highest BCUT2D eigenvalue weighted by Gasteiger charge is 2.26. The standard InChI is InChI=1S/C16H24N2O/c1-5-9-18-16(4,12-17)11-14(3)19-15-8-6-7-13(2)10-15/h6-8,10,14,18H,5,9,11H2,1-4H3. The smallest absolute Gasteiger partial charge is 0.119 e. The molecule has 2 unspecified atom stereocenters. The lowest BCUT2D eigenvalue weighted by molar-refractivity contribution is 0.180. The van der Waals surface area contributed by atoms with Crippen molar-refractivity contribution in [2.45, 2.75) is 52.2 Å². The van der Waals surface area contributed by atoms with E-state index in [9.17, 15) is 5.26 Å². The maximum Gasteiger partial charge on any atom is 0.119 e. The number of aryl methyl sites for hydroxylation is 1. The third-order valence-corrected chi connectivity index (χ3v) is 3.03. The third-order valence-electron chi connectivity index (χ3n) is 3.03. The number of nitriles is 1. The van der Waals surface area contributed by atoms with Crippen LogP contribution in [-0.4, -0.2) is 18.2 Å². The first-order valence-electron chi connectivity index (χ1n) is 6.88. The molecule has 1 rings (SSSR count). The minimum absolute atomic E-state index is 0.00388. The van der Waals surface area contributed by atoms with Crippen LogP contribution in [0.2, 0.25) is 0 Å². The Morgan fingerprint density at radius 2 is 2.21 bits per heavy atom. The molecule has 0 bridgehead atoms. The summed E-state index contributed by atoms with van der Waals surface area (Å²) in [6.07, 6.45) is 1.68. The maximum absolute atomic E-state index is 9.30. The molecule has 0 aliphatic heterocycles. The normalized spacial score (nSPS) is 15.3. The number of hydrogen-bond acceptors (Lipinski definition) is 3. The van der Waals surface area contributed by atoms with E-state index in [0.717, 1.165) is 18.7 Å². The Labute approximate surface area is 116 Å². The van der Waals surface area contributed by atoms with Crippen LogP contribution in [-0.2, 0) is 0 Å². The first kappa shape index (κ1) is 15.5. The van der Waals surface area contributed by atoms with Gasteiger partial charge >= 0.3 is 0 Å². The van der Waals surface area contributed by atoms with Crippen LogP contribution in [0.15, 0.2) is 24.3 Å². The highest BCUT2D eigenvalue weighted by molar-refractivity contribution is 5.27. The lowest BCUT2D eigenvalue weighted by Crippen LogP contribution is -2.44. The zero-order valence-electron chi connectivity index (χ0n) is 12.4. The van der Waals surface area contributed by atoms with Gasteiger partial charge in [-0.05, 0) is 51.4 Å². The molecule has 1 N–H and O–H groups in total. The van der Waals surface area contributed by atoms with Gasteiger partial charge in [0.15, 0.2) is 0 Å². The van der Waals surface area contributed by atoms with Crippen LogP contribution in [0.1, 0.15) is 39.2 Å². The first-order valence-corrected chi connectivity index (χ1v) is 6.88. The Hall–Kier alpha value is -1.53. The van der Waals surface area contributed by atoms with Crippen molar-refractivity contribution in [3.8, 4) is 11.8 Å². The molecule has 3 heteroatoms. The van der Waals surface area contributed by atoms with E-state index >= 15 is 0 Å². The molecule has 1 aromatic rings. The Morgan fingerprint density at radius 3 is 2.79 bits per heavy atom. The van der Waals surface area contributed by atoms with E-state index in [4.69, 9.17) is 4.74 Å². The fraction of sp³-hybridized carbons (Fsp3) is 0.562. The second-order valence-corrected chi connectivity index (χ2v) is 5.32. The summed E-state index contributed by atoms with van der Waals surface area (Å²) in [6, 6.07) is 10.3. The molecule has 0 aliphatic carbocycles. The van der Waals surface area contributed by atoms with E-state index in [1.807, 2.05) is 45.0 Å². The van der Waals surface area contributed by atoms with E-state index in [-0.39, 0.29) is 6.10 Å². The number of rotatable bonds is 7. The van der Waals surface area contributed by atoms with Crippen molar-refractivity contribution in [2.75, 3.05) is 6.54 Å². The van der Waals surface area contributed by atoms with Crippen molar-refractivity contribution in [3.63, 3.8) is 0 Å².